The third-order valence-corrected chi connectivity index (χ3v) is 10.8. The van der Waals surface area contributed by atoms with Crippen molar-refractivity contribution in [2.45, 2.75) is 27.2 Å². The molecule has 182 valence electrons. The minimum atomic E-state index is -2.67. The average Bonchev–Trinajstić information content (AvgIpc) is 3.38. The molecule has 0 saturated heterocycles. The third kappa shape index (κ3) is 5.20. The zero-order valence-corrected chi connectivity index (χ0v) is 22.6. The summed E-state index contributed by atoms with van der Waals surface area (Å²) in [4.78, 5) is 9.64. The molecule has 0 aliphatic carbocycles. The number of rotatable bonds is 7. The van der Waals surface area contributed by atoms with E-state index in [4.69, 9.17) is 14.6 Å². The Morgan fingerprint density at radius 2 is 1.16 bits per heavy atom. The van der Waals surface area contributed by atoms with Gasteiger partial charge in [0, 0.05) is 12.6 Å². The second kappa shape index (κ2) is 10.9. The van der Waals surface area contributed by atoms with Crippen LogP contribution in [0.5, 0.6) is 0 Å². The molecule has 0 saturated carbocycles. The zero-order valence-electron chi connectivity index (χ0n) is 21.6. The Balaban J connectivity index is 1.52. The van der Waals surface area contributed by atoms with E-state index < -0.39 is 8.24 Å². The smallest absolute Gasteiger partial charge is 0.273 e. The maximum absolute atomic E-state index is 5.44. The van der Waals surface area contributed by atoms with Gasteiger partial charge in [0.25, 0.3) is 8.24 Å². The Hall–Kier alpha value is -4.15. The first-order valence-corrected chi connectivity index (χ1v) is 14.6. The second-order valence-corrected chi connectivity index (χ2v) is 12.9. The van der Waals surface area contributed by atoms with Crippen LogP contribution in [0.15, 0.2) is 130 Å². The number of allylic oxidation sites excluding steroid dienone is 2. The molecular weight excluding hydrogens is 466 g/mol. The molecule has 4 aromatic carbocycles. The highest BCUT2D eigenvalue weighted by Crippen LogP contribution is 2.25. The zero-order chi connectivity index (χ0) is 25.7. The van der Waals surface area contributed by atoms with Gasteiger partial charge < -0.3 is 4.66 Å². The fourth-order valence-electron chi connectivity index (χ4n) is 5.07. The van der Waals surface area contributed by atoms with Crippen molar-refractivity contribution in [2.75, 3.05) is 0 Å². The fraction of sp³-hybridized carbons (Fsp3) is 0.121. The van der Waals surface area contributed by atoms with Crippen LogP contribution in [-0.2, 0) is 0 Å². The summed E-state index contributed by atoms with van der Waals surface area (Å²) in [7, 11) is -2.67. The minimum Gasteiger partial charge on any atom is -0.310 e. The van der Waals surface area contributed by atoms with Crippen molar-refractivity contribution in [3.8, 4) is 0 Å². The lowest BCUT2D eigenvalue weighted by Crippen LogP contribution is -2.66. The molecule has 0 bridgehead atoms. The van der Waals surface area contributed by atoms with Crippen LogP contribution in [0.3, 0.4) is 0 Å². The highest BCUT2D eigenvalue weighted by Gasteiger charge is 2.39. The van der Waals surface area contributed by atoms with Crippen LogP contribution in [0.25, 0.3) is 0 Å². The molecule has 0 unspecified atom stereocenters. The van der Waals surface area contributed by atoms with E-state index in [1.54, 1.807) is 0 Å². The lowest BCUT2D eigenvalue weighted by Gasteiger charge is -2.29. The molecule has 1 aliphatic heterocycles. The van der Waals surface area contributed by atoms with Crippen LogP contribution in [0.2, 0.25) is 0 Å². The van der Waals surface area contributed by atoms with Gasteiger partial charge in [-0.2, -0.15) is 0 Å². The summed E-state index contributed by atoms with van der Waals surface area (Å²) in [5.41, 5.74) is 6.48. The van der Waals surface area contributed by atoms with Crippen LogP contribution in [0.1, 0.15) is 23.1 Å². The number of hydrogen-bond donors (Lipinski definition) is 0. The first-order valence-electron chi connectivity index (χ1n) is 12.7. The Labute approximate surface area is 220 Å². The number of nitrogens with zero attached hydrogens (tertiary/aromatic N) is 3. The van der Waals surface area contributed by atoms with Crippen molar-refractivity contribution in [2.24, 2.45) is 14.6 Å². The Bertz CT molecular complexity index is 1380. The van der Waals surface area contributed by atoms with Crippen LogP contribution in [0, 0.1) is 20.8 Å². The van der Waals surface area contributed by atoms with Crippen molar-refractivity contribution < 1.29 is 0 Å². The molecule has 0 radical (unpaired) electrons. The molecule has 0 atom stereocenters. The quantitative estimate of drug-likeness (QED) is 0.176. The van der Waals surface area contributed by atoms with Gasteiger partial charge in [-0.15, -0.1) is 0 Å². The number of aliphatic imine (C=N–C) groups is 2. The fourth-order valence-corrected chi connectivity index (χ4v) is 8.88. The van der Waals surface area contributed by atoms with Crippen molar-refractivity contribution >= 4 is 47.6 Å². The predicted octanol–water partition coefficient (Wildman–Crippen LogP) is 5.78. The van der Waals surface area contributed by atoms with Gasteiger partial charge in [-0.25, -0.2) is 0 Å². The lowest BCUT2D eigenvalue weighted by atomic mass is 10.1. The summed E-state index contributed by atoms with van der Waals surface area (Å²) < 4.78 is 5.44. The van der Waals surface area contributed by atoms with Crippen LogP contribution >= 0.6 is 0 Å². The van der Waals surface area contributed by atoms with Gasteiger partial charge in [0.15, 0.2) is 0 Å². The van der Waals surface area contributed by atoms with Crippen molar-refractivity contribution in [1.29, 1.82) is 0 Å². The molecule has 1 heterocycles. The van der Waals surface area contributed by atoms with E-state index in [0.717, 1.165) is 23.5 Å². The maximum Gasteiger partial charge on any atom is 0.273 e. The maximum atomic E-state index is 5.44. The SMILES string of the molecule is Cc1cc(C)c(N=CC2=CCC(/C=N/[Si](c3ccccc3)(c3ccccc3)c3ccccc3)=N2)c(C)c1. The van der Waals surface area contributed by atoms with Gasteiger partial charge >= 0.3 is 0 Å². The van der Waals surface area contributed by atoms with Crippen molar-refractivity contribution in [3.63, 3.8) is 0 Å². The molecule has 0 spiro atoms. The number of aryl methyl sites for hydroxylation is 3. The predicted molar refractivity (Wildman–Crippen MR) is 161 cm³/mol. The third-order valence-electron chi connectivity index (χ3n) is 6.74. The summed E-state index contributed by atoms with van der Waals surface area (Å²) >= 11 is 0. The number of benzene rings is 4. The Kier molecular flexibility index (Phi) is 7.20. The molecule has 0 amide bonds. The molecule has 4 aromatic rings. The standard InChI is InChI=1S/C33H31N3Si/c1-25-21-26(2)33(27(3)22-25)34-23-28-19-20-29(36-28)24-35-37(30-13-7-4-8-14-30,31-15-9-5-10-16-31)32-17-11-6-12-18-32/h4-19,21-24H,20H2,1-3H3/b34-23?,35-24+. The van der Waals surface area contributed by atoms with Crippen LogP contribution in [-0.4, -0.2) is 26.4 Å². The molecule has 4 heteroatoms. The van der Waals surface area contributed by atoms with Gasteiger partial charge in [-0.1, -0.05) is 115 Å². The Morgan fingerprint density at radius 1 is 0.676 bits per heavy atom. The summed E-state index contributed by atoms with van der Waals surface area (Å²) in [6.07, 6.45) is 6.75. The first kappa shape index (κ1) is 24.5. The molecule has 0 aromatic heterocycles. The molecular formula is C33H31N3Si. The van der Waals surface area contributed by atoms with E-state index in [-0.39, 0.29) is 0 Å². The monoisotopic (exact) mass is 497 g/mol. The van der Waals surface area contributed by atoms with Gasteiger partial charge in [0.05, 0.1) is 23.3 Å². The average molecular weight is 498 g/mol. The molecule has 0 N–H and O–H groups in total. The summed E-state index contributed by atoms with van der Waals surface area (Å²) in [5, 5.41) is 3.76. The normalized spacial score (nSPS) is 13.8. The van der Waals surface area contributed by atoms with E-state index in [1.165, 1.54) is 32.3 Å². The molecule has 1 aliphatic rings. The summed E-state index contributed by atoms with van der Waals surface area (Å²) in [6, 6.07) is 36.5. The largest absolute Gasteiger partial charge is 0.310 e. The molecule has 37 heavy (non-hydrogen) atoms. The van der Waals surface area contributed by atoms with Crippen LogP contribution in [0.4, 0.5) is 5.69 Å². The lowest BCUT2D eigenvalue weighted by molar-refractivity contribution is 1.29. The highest BCUT2D eigenvalue weighted by molar-refractivity contribution is 7.11. The molecule has 3 nitrogen and oxygen atoms in total. The van der Waals surface area contributed by atoms with E-state index in [0.29, 0.717) is 0 Å². The van der Waals surface area contributed by atoms with Gasteiger partial charge in [-0.3, -0.25) is 9.98 Å². The topological polar surface area (TPSA) is 37.1 Å². The highest BCUT2D eigenvalue weighted by atomic mass is 28.3. The minimum absolute atomic E-state index is 0.750. The van der Waals surface area contributed by atoms with Crippen LogP contribution < -0.4 is 15.6 Å². The van der Waals surface area contributed by atoms with E-state index in [2.05, 4.69) is 130 Å². The van der Waals surface area contributed by atoms with Crippen molar-refractivity contribution in [1.82, 2.24) is 0 Å². The summed E-state index contributed by atoms with van der Waals surface area (Å²) in [6.45, 7) is 6.34. The van der Waals surface area contributed by atoms with Gasteiger partial charge in [-0.05, 0) is 47.5 Å². The Morgan fingerprint density at radius 3 is 1.65 bits per heavy atom. The number of hydrogen-bond acceptors (Lipinski definition) is 3. The van der Waals surface area contributed by atoms with Gasteiger partial charge in [0.1, 0.15) is 0 Å². The first-order chi connectivity index (χ1) is 18.1. The summed E-state index contributed by atoms with van der Waals surface area (Å²) in [5.74, 6) is 0. The molecule has 0 fully saturated rings. The van der Waals surface area contributed by atoms with E-state index >= 15 is 0 Å². The van der Waals surface area contributed by atoms with Gasteiger partial charge in [0.2, 0.25) is 0 Å². The van der Waals surface area contributed by atoms with E-state index in [1.807, 2.05) is 12.4 Å². The van der Waals surface area contributed by atoms with E-state index in [9.17, 15) is 0 Å². The van der Waals surface area contributed by atoms with Crippen molar-refractivity contribution in [3.05, 3.63) is 132 Å². The second-order valence-electron chi connectivity index (χ2n) is 9.51. The molecule has 5 rings (SSSR count).